The summed E-state index contributed by atoms with van der Waals surface area (Å²) in [5.41, 5.74) is 0. The first kappa shape index (κ1) is 86.1. The highest BCUT2D eigenvalue weighted by molar-refractivity contribution is 7.47. The van der Waals surface area contributed by atoms with E-state index in [9.17, 15) is 43.2 Å². The number of aliphatic hydroxyl groups excluding tert-OH is 1. The Kier molecular flexibility index (Phi) is 59.9. The number of carbonyl (C=O) groups excluding carboxylic acids is 4. The summed E-state index contributed by atoms with van der Waals surface area (Å²) in [6, 6.07) is 0. The van der Waals surface area contributed by atoms with Crippen LogP contribution in [-0.2, 0) is 65.4 Å². The zero-order valence-electron chi connectivity index (χ0n) is 57.0. The maximum Gasteiger partial charge on any atom is 0.472 e. The van der Waals surface area contributed by atoms with E-state index in [4.69, 9.17) is 37.0 Å². The molecule has 6 atom stereocenters. The zero-order chi connectivity index (χ0) is 65.0. The fourth-order valence-corrected chi connectivity index (χ4v) is 12.0. The van der Waals surface area contributed by atoms with Crippen molar-refractivity contribution in [1.29, 1.82) is 0 Å². The SMILES string of the molecule is CCCCCCCCCCCCCC(=O)OC[C@H](COP(=O)(O)OC[C@@H](O)COP(=O)(O)OC[C@@H](COC(=O)CCCCCCCCCCC)OC(=O)CCCCCCCCC(C)CC)OC(=O)CCCCCCCCCCCCCCCCCC(C)C. The Morgan fingerprint density at radius 2 is 0.580 bits per heavy atom. The first-order chi connectivity index (χ1) is 42.4. The largest absolute Gasteiger partial charge is 0.472 e. The van der Waals surface area contributed by atoms with Gasteiger partial charge in [0.05, 0.1) is 26.4 Å². The van der Waals surface area contributed by atoms with E-state index in [1.807, 2.05) is 0 Å². The Hall–Kier alpha value is -1.94. The molecular weight excluding hydrogens is 1160 g/mol. The molecule has 0 aromatic carbocycles. The van der Waals surface area contributed by atoms with Crippen molar-refractivity contribution < 1.29 is 80.2 Å². The second-order valence-corrected chi connectivity index (χ2v) is 28.5. The average molecular weight is 1300 g/mol. The fourth-order valence-electron chi connectivity index (χ4n) is 10.4. The molecule has 0 amide bonds. The minimum absolute atomic E-state index is 0.103. The van der Waals surface area contributed by atoms with Gasteiger partial charge in [-0.3, -0.25) is 37.3 Å². The van der Waals surface area contributed by atoms with Crippen molar-refractivity contribution in [2.75, 3.05) is 39.6 Å². The van der Waals surface area contributed by atoms with Crippen LogP contribution in [0, 0.1) is 11.8 Å². The van der Waals surface area contributed by atoms with Crippen LogP contribution in [0.3, 0.4) is 0 Å². The molecule has 0 heterocycles. The number of ether oxygens (including phenoxy) is 4. The third-order valence-electron chi connectivity index (χ3n) is 16.3. The summed E-state index contributed by atoms with van der Waals surface area (Å²) in [5.74, 6) is -0.606. The van der Waals surface area contributed by atoms with E-state index in [1.165, 1.54) is 167 Å². The van der Waals surface area contributed by atoms with Crippen molar-refractivity contribution in [3.05, 3.63) is 0 Å². The standard InChI is InChI=1S/C69H134O17P2/c1-7-10-12-14-16-18-24-29-33-40-46-52-67(72)80-57-64(85-68(73)53-47-41-34-30-26-23-21-19-20-22-25-28-31-37-43-49-61(4)5)59-83-87(75,76)81-55-63(70)56-82-88(77,78)84-60-65(58-79-66(71)51-45-39-32-27-17-15-13-11-8-2)86-69(74)54-48-42-36-35-38-44-50-62(6)9-3/h61-65,70H,7-60H2,1-6H3,(H,75,76)(H,77,78)/t62?,63-,64-,65-/m1/s1. The Morgan fingerprint density at radius 3 is 0.864 bits per heavy atom. The quantitative estimate of drug-likeness (QED) is 0.0222. The molecule has 88 heavy (non-hydrogen) atoms. The Bertz CT molecular complexity index is 1720. The lowest BCUT2D eigenvalue weighted by molar-refractivity contribution is -0.161. The van der Waals surface area contributed by atoms with Crippen molar-refractivity contribution in [2.24, 2.45) is 11.8 Å². The van der Waals surface area contributed by atoms with Gasteiger partial charge >= 0.3 is 39.5 Å². The van der Waals surface area contributed by atoms with E-state index in [0.717, 1.165) is 102 Å². The maximum atomic E-state index is 13.0. The van der Waals surface area contributed by atoms with Gasteiger partial charge in [0.15, 0.2) is 12.2 Å². The molecule has 0 bridgehead atoms. The summed E-state index contributed by atoms with van der Waals surface area (Å²) in [6.45, 7) is 9.50. The summed E-state index contributed by atoms with van der Waals surface area (Å²) >= 11 is 0. The molecule has 0 rings (SSSR count). The van der Waals surface area contributed by atoms with Gasteiger partial charge in [-0.25, -0.2) is 9.13 Å². The molecule has 3 unspecified atom stereocenters. The Labute approximate surface area is 537 Å². The van der Waals surface area contributed by atoms with Crippen LogP contribution in [0.2, 0.25) is 0 Å². The van der Waals surface area contributed by atoms with Crippen LogP contribution in [0.4, 0.5) is 0 Å². The van der Waals surface area contributed by atoms with Crippen molar-refractivity contribution in [3.8, 4) is 0 Å². The minimum Gasteiger partial charge on any atom is -0.462 e. The lowest BCUT2D eigenvalue weighted by Crippen LogP contribution is -2.30. The van der Waals surface area contributed by atoms with Crippen LogP contribution < -0.4 is 0 Å². The number of phosphoric ester groups is 2. The van der Waals surface area contributed by atoms with Crippen LogP contribution in [0.25, 0.3) is 0 Å². The average Bonchev–Trinajstić information content (AvgIpc) is 3.60. The highest BCUT2D eigenvalue weighted by Crippen LogP contribution is 2.45. The van der Waals surface area contributed by atoms with E-state index in [1.54, 1.807) is 0 Å². The van der Waals surface area contributed by atoms with E-state index >= 15 is 0 Å². The number of esters is 4. The van der Waals surface area contributed by atoms with Gasteiger partial charge in [-0.2, -0.15) is 0 Å². The molecule has 0 spiro atoms. The number of hydrogen-bond donors (Lipinski definition) is 3. The first-order valence-electron chi connectivity index (χ1n) is 36.0. The highest BCUT2D eigenvalue weighted by Gasteiger charge is 2.30. The van der Waals surface area contributed by atoms with Crippen LogP contribution in [0.5, 0.6) is 0 Å². The molecular formula is C69H134O17P2. The minimum atomic E-state index is -4.95. The second kappa shape index (κ2) is 61.3. The highest BCUT2D eigenvalue weighted by atomic mass is 31.2. The summed E-state index contributed by atoms with van der Waals surface area (Å²) in [7, 11) is -9.89. The Balaban J connectivity index is 5.20. The molecule has 17 nitrogen and oxygen atoms in total. The van der Waals surface area contributed by atoms with Crippen LogP contribution in [0.1, 0.15) is 350 Å². The zero-order valence-corrected chi connectivity index (χ0v) is 58.8. The van der Waals surface area contributed by atoms with E-state index in [2.05, 4.69) is 41.5 Å². The van der Waals surface area contributed by atoms with Crippen molar-refractivity contribution >= 4 is 39.5 Å². The molecule has 0 fully saturated rings. The molecule has 0 saturated carbocycles. The predicted molar refractivity (Wildman–Crippen MR) is 354 cm³/mol. The third kappa shape index (κ3) is 61.6. The lowest BCUT2D eigenvalue weighted by atomic mass is 10.00. The second-order valence-electron chi connectivity index (χ2n) is 25.6. The number of aliphatic hydroxyl groups is 1. The topological polar surface area (TPSA) is 237 Å². The van der Waals surface area contributed by atoms with Gasteiger partial charge in [-0.05, 0) is 37.5 Å². The lowest BCUT2D eigenvalue weighted by Gasteiger charge is -2.21. The monoisotopic (exact) mass is 1300 g/mol. The van der Waals surface area contributed by atoms with E-state index in [-0.39, 0.29) is 25.7 Å². The molecule has 3 N–H and O–H groups in total. The smallest absolute Gasteiger partial charge is 0.462 e. The van der Waals surface area contributed by atoms with Gasteiger partial charge in [-0.15, -0.1) is 0 Å². The van der Waals surface area contributed by atoms with E-state index in [0.29, 0.717) is 25.7 Å². The molecule has 0 aliphatic carbocycles. The van der Waals surface area contributed by atoms with Gasteiger partial charge in [0.2, 0.25) is 0 Å². The molecule has 0 aliphatic rings. The molecule has 0 aromatic heterocycles. The summed E-state index contributed by atoms with van der Waals surface area (Å²) in [4.78, 5) is 72.4. The molecule has 19 heteroatoms. The van der Waals surface area contributed by atoms with Gasteiger partial charge in [0.25, 0.3) is 0 Å². The van der Waals surface area contributed by atoms with Crippen LogP contribution in [-0.4, -0.2) is 96.7 Å². The first-order valence-corrected chi connectivity index (χ1v) is 39.0. The summed E-state index contributed by atoms with van der Waals surface area (Å²) in [5, 5.41) is 10.6. The number of carbonyl (C=O) groups is 4. The molecule has 0 radical (unpaired) electrons. The molecule has 522 valence electrons. The van der Waals surface area contributed by atoms with Crippen LogP contribution >= 0.6 is 15.6 Å². The van der Waals surface area contributed by atoms with Gasteiger partial charge in [0, 0.05) is 25.7 Å². The van der Waals surface area contributed by atoms with Crippen molar-refractivity contribution in [3.63, 3.8) is 0 Å². The van der Waals surface area contributed by atoms with Gasteiger partial charge in [-0.1, -0.05) is 298 Å². The van der Waals surface area contributed by atoms with Crippen molar-refractivity contribution in [2.45, 2.75) is 368 Å². The predicted octanol–water partition coefficient (Wildman–Crippen LogP) is 19.6. The summed E-state index contributed by atoms with van der Waals surface area (Å²) in [6.07, 6.45) is 45.8. The van der Waals surface area contributed by atoms with Gasteiger partial charge in [0.1, 0.15) is 19.3 Å². The summed E-state index contributed by atoms with van der Waals surface area (Å²) < 4.78 is 68.2. The van der Waals surface area contributed by atoms with Crippen LogP contribution in [0.15, 0.2) is 0 Å². The third-order valence-corrected chi connectivity index (χ3v) is 18.2. The fraction of sp³-hybridized carbons (Fsp3) is 0.942. The van der Waals surface area contributed by atoms with Gasteiger partial charge < -0.3 is 33.8 Å². The normalized spacial score (nSPS) is 14.5. The number of hydrogen-bond acceptors (Lipinski definition) is 15. The molecule has 0 aromatic rings. The molecule has 0 aliphatic heterocycles. The Morgan fingerprint density at radius 1 is 0.330 bits per heavy atom. The molecule has 0 saturated heterocycles. The maximum absolute atomic E-state index is 13.0. The number of unbranched alkanes of at least 4 members (excludes halogenated alkanes) is 37. The number of rotatable bonds is 68. The van der Waals surface area contributed by atoms with E-state index < -0.39 is 97.5 Å². The number of phosphoric acid groups is 2. The van der Waals surface area contributed by atoms with Crippen molar-refractivity contribution in [1.82, 2.24) is 0 Å².